The first kappa shape index (κ1) is 9.66. The van der Waals surface area contributed by atoms with E-state index in [4.69, 9.17) is 0 Å². The Labute approximate surface area is 87.3 Å². The molecule has 0 unspecified atom stereocenters. The molecule has 0 saturated carbocycles. The summed E-state index contributed by atoms with van der Waals surface area (Å²) in [7, 11) is -0.921. The van der Waals surface area contributed by atoms with Crippen LogP contribution in [0.2, 0.25) is 0 Å². The maximum absolute atomic E-state index is 12.1. The van der Waals surface area contributed by atoms with Crippen LogP contribution in [0.3, 0.4) is 0 Å². The molecule has 74 valence electrons. The third-order valence-corrected chi connectivity index (χ3v) is 4.37. The van der Waals surface area contributed by atoms with Gasteiger partial charge in [-0.1, -0.05) is 29.8 Å². The van der Waals surface area contributed by atoms with E-state index in [-0.39, 0.29) is 4.75 Å². The number of hydrogen-bond acceptors (Lipinski definition) is 1. The zero-order valence-corrected chi connectivity index (χ0v) is 9.52. The predicted molar refractivity (Wildman–Crippen MR) is 60.7 cm³/mol. The van der Waals surface area contributed by atoms with Gasteiger partial charge >= 0.3 is 0 Å². The van der Waals surface area contributed by atoms with Crippen molar-refractivity contribution in [3.05, 3.63) is 35.4 Å². The van der Waals surface area contributed by atoms with Gasteiger partial charge in [-0.3, -0.25) is 4.21 Å². The van der Waals surface area contributed by atoms with E-state index >= 15 is 0 Å². The molecule has 1 aliphatic rings. The summed E-state index contributed by atoms with van der Waals surface area (Å²) < 4.78 is 11.9. The number of benzene rings is 1. The van der Waals surface area contributed by atoms with Crippen molar-refractivity contribution in [3.63, 3.8) is 0 Å². The predicted octanol–water partition coefficient (Wildman–Crippen LogP) is 2.91. The standard InChI is InChI=1S/C12H14OS/c1-9-4-5-11-10(8-9)6-7-12(2,3)14(11)13/h4-8H,1-3H3/t14-/m1/s1. The number of hydrogen-bond donors (Lipinski definition) is 0. The van der Waals surface area contributed by atoms with E-state index in [1.807, 2.05) is 32.1 Å². The Kier molecular flexibility index (Phi) is 2.11. The monoisotopic (exact) mass is 206 g/mol. The fourth-order valence-electron chi connectivity index (χ4n) is 1.60. The molecule has 0 aliphatic carbocycles. The molecule has 1 aromatic rings. The average molecular weight is 206 g/mol. The maximum Gasteiger partial charge on any atom is 0.0632 e. The molecule has 1 aromatic carbocycles. The summed E-state index contributed by atoms with van der Waals surface area (Å²) in [5, 5.41) is 0. The summed E-state index contributed by atoms with van der Waals surface area (Å²) in [6, 6.07) is 6.08. The van der Waals surface area contributed by atoms with Gasteiger partial charge in [0, 0.05) is 4.90 Å². The van der Waals surface area contributed by atoms with Crippen LogP contribution in [0.5, 0.6) is 0 Å². The first-order valence-corrected chi connectivity index (χ1v) is 5.87. The van der Waals surface area contributed by atoms with Crippen molar-refractivity contribution in [3.8, 4) is 0 Å². The van der Waals surface area contributed by atoms with E-state index in [0.29, 0.717) is 0 Å². The molecule has 2 rings (SSSR count). The normalized spacial score (nSPS) is 23.2. The Morgan fingerprint density at radius 1 is 1.29 bits per heavy atom. The van der Waals surface area contributed by atoms with Crippen LogP contribution >= 0.6 is 0 Å². The molecule has 14 heavy (non-hydrogen) atoms. The van der Waals surface area contributed by atoms with Gasteiger partial charge in [0.15, 0.2) is 0 Å². The fourth-order valence-corrected chi connectivity index (χ4v) is 2.89. The minimum Gasteiger partial charge on any atom is -0.253 e. The highest BCUT2D eigenvalue weighted by Crippen LogP contribution is 2.31. The van der Waals surface area contributed by atoms with Gasteiger partial charge in [-0.25, -0.2) is 0 Å². The lowest BCUT2D eigenvalue weighted by Crippen LogP contribution is -2.26. The van der Waals surface area contributed by atoms with E-state index in [0.717, 1.165) is 10.5 Å². The Balaban J connectivity index is 2.61. The van der Waals surface area contributed by atoms with Crippen LogP contribution in [0.25, 0.3) is 6.08 Å². The molecular weight excluding hydrogens is 192 g/mol. The molecule has 0 spiro atoms. The van der Waals surface area contributed by atoms with E-state index < -0.39 is 10.8 Å². The van der Waals surface area contributed by atoms with E-state index in [1.165, 1.54) is 5.56 Å². The first-order chi connectivity index (χ1) is 6.50. The highest BCUT2D eigenvalue weighted by atomic mass is 32.2. The SMILES string of the molecule is Cc1ccc2c(c1)C=CC(C)(C)[S@@]2=O. The van der Waals surface area contributed by atoms with Crippen LogP contribution in [0, 0.1) is 6.92 Å². The van der Waals surface area contributed by atoms with Gasteiger partial charge in [-0.15, -0.1) is 0 Å². The Hall–Kier alpha value is -0.890. The minimum absolute atomic E-state index is 0.234. The van der Waals surface area contributed by atoms with E-state index in [2.05, 4.69) is 19.1 Å². The summed E-state index contributed by atoms with van der Waals surface area (Å²) in [5.74, 6) is 0. The van der Waals surface area contributed by atoms with Gasteiger partial charge in [-0.2, -0.15) is 0 Å². The third-order valence-electron chi connectivity index (χ3n) is 2.51. The van der Waals surface area contributed by atoms with Crippen LogP contribution < -0.4 is 0 Å². The summed E-state index contributed by atoms with van der Waals surface area (Å²) in [4.78, 5) is 0.961. The average Bonchev–Trinajstić information content (AvgIpc) is 2.12. The number of fused-ring (bicyclic) bond motifs is 1. The molecular formula is C12H14OS. The van der Waals surface area contributed by atoms with Gasteiger partial charge in [0.2, 0.25) is 0 Å². The first-order valence-electron chi connectivity index (χ1n) is 4.72. The minimum atomic E-state index is -0.921. The van der Waals surface area contributed by atoms with Gasteiger partial charge in [0.05, 0.1) is 15.5 Å². The largest absolute Gasteiger partial charge is 0.253 e. The van der Waals surface area contributed by atoms with Gasteiger partial charge < -0.3 is 0 Å². The second kappa shape index (κ2) is 3.06. The van der Waals surface area contributed by atoms with Crippen LogP contribution in [0.4, 0.5) is 0 Å². The van der Waals surface area contributed by atoms with Crippen molar-refractivity contribution < 1.29 is 4.21 Å². The Bertz CT molecular complexity index is 430. The molecule has 0 aromatic heterocycles. The number of aryl methyl sites for hydroxylation is 1. The van der Waals surface area contributed by atoms with Crippen molar-refractivity contribution in [1.29, 1.82) is 0 Å². The lowest BCUT2D eigenvalue weighted by molar-refractivity contribution is 0.662. The molecule has 1 heterocycles. The lowest BCUT2D eigenvalue weighted by Gasteiger charge is -2.25. The number of rotatable bonds is 0. The van der Waals surface area contributed by atoms with E-state index in [9.17, 15) is 4.21 Å². The van der Waals surface area contributed by atoms with Crippen molar-refractivity contribution in [2.75, 3.05) is 0 Å². The van der Waals surface area contributed by atoms with Gasteiger partial charge in [0.25, 0.3) is 0 Å². The highest BCUT2D eigenvalue weighted by Gasteiger charge is 2.28. The smallest absolute Gasteiger partial charge is 0.0632 e. The molecule has 0 fully saturated rings. The Morgan fingerprint density at radius 3 is 2.71 bits per heavy atom. The third kappa shape index (κ3) is 1.44. The zero-order chi connectivity index (χ0) is 10.3. The molecule has 0 amide bonds. The molecule has 2 heteroatoms. The second-order valence-corrected chi connectivity index (χ2v) is 6.28. The maximum atomic E-state index is 12.1. The summed E-state index contributed by atoms with van der Waals surface area (Å²) >= 11 is 0. The molecule has 1 aliphatic heterocycles. The lowest BCUT2D eigenvalue weighted by atomic mass is 10.1. The van der Waals surface area contributed by atoms with Crippen molar-refractivity contribution in [2.24, 2.45) is 0 Å². The van der Waals surface area contributed by atoms with Crippen LogP contribution in [-0.2, 0) is 10.8 Å². The van der Waals surface area contributed by atoms with Crippen LogP contribution in [-0.4, -0.2) is 8.96 Å². The van der Waals surface area contributed by atoms with Gasteiger partial charge in [0.1, 0.15) is 0 Å². The molecule has 1 atom stereocenters. The fraction of sp³-hybridized carbons (Fsp3) is 0.333. The van der Waals surface area contributed by atoms with Gasteiger partial charge in [-0.05, 0) is 32.4 Å². The van der Waals surface area contributed by atoms with Crippen LogP contribution in [0.1, 0.15) is 25.0 Å². The zero-order valence-electron chi connectivity index (χ0n) is 8.70. The molecule has 0 saturated heterocycles. The second-order valence-electron chi connectivity index (χ2n) is 4.25. The molecule has 0 radical (unpaired) electrons. The van der Waals surface area contributed by atoms with E-state index in [1.54, 1.807) is 0 Å². The summed E-state index contributed by atoms with van der Waals surface area (Å²) in [5.41, 5.74) is 2.31. The van der Waals surface area contributed by atoms with Crippen molar-refractivity contribution in [2.45, 2.75) is 30.4 Å². The molecule has 1 nitrogen and oxygen atoms in total. The summed E-state index contributed by atoms with van der Waals surface area (Å²) in [6.45, 7) is 6.06. The van der Waals surface area contributed by atoms with Crippen LogP contribution in [0.15, 0.2) is 29.2 Å². The van der Waals surface area contributed by atoms with Crippen molar-refractivity contribution in [1.82, 2.24) is 0 Å². The Morgan fingerprint density at radius 2 is 2.00 bits per heavy atom. The highest BCUT2D eigenvalue weighted by molar-refractivity contribution is 7.86. The topological polar surface area (TPSA) is 17.1 Å². The summed E-state index contributed by atoms with van der Waals surface area (Å²) in [6.07, 6.45) is 4.11. The molecule has 0 N–H and O–H groups in total. The molecule has 0 bridgehead atoms. The quantitative estimate of drug-likeness (QED) is 0.638. The van der Waals surface area contributed by atoms with Crippen molar-refractivity contribution >= 4 is 16.9 Å².